The van der Waals surface area contributed by atoms with Crippen LogP contribution in [0.4, 0.5) is 0 Å². The van der Waals surface area contributed by atoms with Gasteiger partial charge in [0.15, 0.2) is 5.82 Å². The molecule has 0 aliphatic carbocycles. The van der Waals surface area contributed by atoms with Gasteiger partial charge < -0.3 is 9.42 Å². The lowest BCUT2D eigenvalue weighted by molar-refractivity contribution is -0.129. The Hall–Kier alpha value is -2.17. The van der Waals surface area contributed by atoms with Gasteiger partial charge in [-0.15, -0.1) is 0 Å². The van der Waals surface area contributed by atoms with Crippen molar-refractivity contribution in [2.75, 3.05) is 7.05 Å². The molecule has 1 aromatic carbocycles. The topological polar surface area (TPSA) is 59.2 Å². The van der Waals surface area contributed by atoms with Crippen molar-refractivity contribution in [3.63, 3.8) is 0 Å². The summed E-state index contributed by atoms with van der Waals surface area (Å²) in [7, 11) is 1.76. The Morgan fingerprint density at radius 1 is 1.19 bits per heavy atom. The Bertz CT molecular complexity index is 638. The molecule has 2 aromatic rings. The molecule has 0 saturated carbocycles. The number of hydrogen-bond donors (Lipinski definition) is 0. The van der Waals surface area contributed by atoms with E-state index in [-0.39, 0.29) is 5.91 Å². The second kappa shape index (κ2) is 6.08. The normalized spacial score (nSPS) is 10.7. The molecule has 5 nitrogen and oxygen atoms in total. The summed E-state index contributed by atoms with van der Waals surface area (Å²) >= 11 is 0. The van der Waals surface area contributed by atoms with Gasteiger partial charge in [-0.3, -0.25) is 4.79 Å². The van der Waals surface area contributed by atoms with Gasteiger partial charge >= 0.3 is 0 Å². The zero-order chi connectivity index (χ0) is 15.6. The first kappa shape index (κ1) is 15.2. The minimum atomic E-state index is 0.0486. The second-order valence-corrected chi connectivity index (χ2v) is 5.53. The Morgan fingerprint density at radius 2 is 1.81 bits per heavy atom. The van der Waals surface area contributed by atoms with Crippen LogP contribution in [0.25, 0.3) is 0 Å². The van der Waals surface area contributed by atoms with Crippen molar-refractivity contribution >= 4 is 5.91 Å². The zero-order valence-electron chi connectivity index (χ0n) is 13.2. The third-order valence-corrected chi connectivity index (χ3v) is 3.54. The van der Waals surface area contributed by atoms with Crippen molar-refractivity contribution in [3.8, 4) is 0 Å². The van der Waals surface area contributed by atoms with Crippen LogP contribution in [0.5, 0.6) is 0 Å². The van der Waals surface area contributed by atoms with Gasteiger partial charge in [-0.05, 0) is 37.5 Å². The lowest BCUT2D eigenvalue weighted by Crippen LogP contribution is -2.28. The molecule has 0 saturated heterocycles. The Labute approximate surface area is 125 Å². The van der Waals surface area contributed by atoms with Crippen LogP contribution in [0.2, 0.25) is 0 Å². The molecule has 0 atom stereocenters. The van der Waals surface area contributed by atoms with E-state index < -0.39 is 0 Å². The number of carbonyl (C=O) groups is 1. The van der Waals surface area contributed by atoms with Crippen LogP contribution < -0.4 is 0 Å². The van der Waals surface area contributed by atoms with Gasteiger partial charge in [-0.25, -0.2) is 0 Å². The third kappa shape index (κ3) is 3.68. The molecular weight excluding hydrogens is 266 g/mol. The first-order valence-corrected chi connectivity index (χ1v) is 6.96. The molecule has 1 amide bonds. The predicted octanol–water partition coefficient (Wildman–Crippen LogP) is 2.50. The van der Waals surface area contributed by atoms with Crippen LogP contribution in [0, 0.1) is 27.7 Å². The zero-order valence-corrected chi connectivity index (χ0v) is 13.2. The number of benzene rings is 1. The molecule has 1 aromatic heterocycles. The van der Waals surface area contributed by atoms with E-state index in [0.29, 0.717) is 24.7 Å². The molecule has 0 fully saturated rings. The fourth-order valence-electron chi connectivity index (χ4n) is 2.48. The molecular formula is C16H21N3O2. The summed E-state index contributed by atoms with van der Waals surface area (Å²) in [6.45, 7) is 8.25. The molecule has 21 heavy (non-hydrogen) atoms. The number of rotatable bonds is 4. The second-order valence-electron chi connectivity index (χ2n) is 5.53. The highest BCUT2D eigenvalue weighted by atomic mass is 16.5. The van der Waals surface area contributed by atoms with Crippen molar-refractivity contribution in [1.82, 2.24) is 15.0 Å². The first-order valence-electron chi connectivity index (χ1n) is 6.96. The molecule has 0 N–H and O–H groups in total. The largest absolute Gasteiger partial charge is 0.340 e. The lowest BCUT2D eigenvalue weighted by atomic mass is 9.97. The molecule has 0 aliphatic rings. The molecule has 0 aliphatic heterocycles. The van der Waals surface area contributed by atoms with E-state index in [0.717, 1.165) is 16.7 Å². The summed E-state index contributed by atoms with van der Waals surface area (Å²) in [5.41, 5.74) is 4.63. The predicted molar refractivity (Wildman–Crippen MR) is 79.9 cm³/mol. The van der Waals surface area contributed by atoms with Gasteiger partial charge in [-0.1, -0.05) is 22.9 Å². The quantitative estimate of drug-likeness (QED) is 0.867. The third-order valence-electron chi connectivity index (χ3n) is 3.54. The summed E-state index contributed by atoms with van der Waals surface area (Å²) in [6, 6.07) is 4.22. The van der Waals surface area contributed by atoms with E-state index in [1.165, 1.54) is 5.56 Å². The van der Waals surface area contributed by atoms with E-state index in [1.807, 2.05) is 13.8 Å². The van der Waals surface area contributed by atoms with Crippen LogP contribution in [0.3, 0.4) is 0 Å². The molecule has 0 spiro atoms. The van der Waals surface area contributed by atoms with Crippen molar-refractivity contribution < 1.29 is 9.32 Å². The summed E-state index contributed by atoms with van der Waals surface area (Å²) < 4.78 is 4.92. The maximum absolute atomic E-state index is 12.4. The van der Waals surface area contributed by atoms with E-state index in [4.69, 9.17) is 4.52 Å². The smallest absolute Gasteiger partial charge is 0.227 e. The average molecular weight is 287 g/mol. The van der Waals surface area contributed by atoms with Crippen LogP contribution >= 0.6 is 0 Å². The Morgan fingerprint density at radius 3 is 2.33 bits per heavy atom. The van der Waals surface area contributed by atoms with E-state index in [9.17, 15) is 4.79 Å². The van der Waals surface area contributed by atoms with Crippen molar-refractivity contribution in [3.05, 3.63) is 46.1 Å². The molecule has 1 heterocycles. The van der Waals surface area contributed by atoms with Gasteiger partial charge in [0.05, 0.1) is 13.0 Å². The maximum Gasteiger partial charge on any atom is 0.227 e. The Kier molecular flexibility index (Phi) is 4.40. The minimum absolute atomic E-state index is 0.0486. The number of likely N-dealkylation sites (N-methyl/N-ethyl adjacent to an activating group) is 1. The van der Waals surface area contributed by atoms with Gasteiger partial charge in [0, 0.05) is 14.0 Å². The molecule has 0 unspecified atom stereocenters. The van der Waals surface area contributed by atoms with Crippen LogP contribution in [-0.4, -0.2) is 28.0 Å². The van der Waals surface area contributed by atoms with E-state index in [1.54, 1.807) is 18.9 Å². The number of aromatic nitrogens is 2. The minimum Gasteiger partial charge on any atom is -0.340 e. The van der Waals surface area contributed by atoms with E-state index in [2.05, 4.69) is 29.2 Å². The van der Waals surface area contributed by atoms with E-state index >= 15 is 0 Å². The number of amides is 1. The summed E-state index contributed by atoms with van der Waals surface area (Å²) in [6.07, 6.45) is 0.394. The number of carbonyl (C=O) groups excluding carboxylic acids is 1. The number of nitrogens with zero attached hydrogens (tertiary/aromatic N) is 3. The fraction of sp³-hybridized carbons (Fsp3) is 0.438. The monoisotopic (exact) mass is 287 g/mol. The van der Waals surface area contributed by atoms with Gasteiger partial charge in [0.2, 0.25) is 11.8 Å². The molecule has 112 valence electrons. The number of aryl methyl sites for hydroxylation is 4. The number of hydrogen-bond acceptors (Lipinski definition) is 4. The Balaban J connectivity index is 2.07. The van der Waals surface area contributed by atoms with Crippen molar-refractivity contribution in [2.45, 2.75) is 40.7 Å². The van der Waals surface area contributed by atoms with Gasteiger partial charge in [0.1, 0.15) is 0 Å². The van der Waals surface area contributed by atoms with Crippen LogP contribution in [0.1, 0.15) is 34.0 Å². The van der Waals surface area contributed by atoms with Gasteiger partial charge in [0.25, 0.3) is 0 Å². The average Bonchev–Trinajstić information content (AvgIpc) is 2.78. The van der Waals surface area contributed by atoms with Gasteiger partial charge in [-0.2, -0.15) is 4.98 Å². The summed E-state index contributed by atoms with van der Waals surface area (Å²) in [4.78, 5) is 18.1. The summed E-state index contributed by atoms with van der Waals surface area (Å²) in [5, 5.41) is 3.81. The molecule has 2 rings (SSSR count). The summed E-state index contributed by atoms with van der Waals surface area (Å²) in [5.74, 6) is 1.09. The SMILES string of the molecule is Cc1cc(C)c(CC(=O)N(C)Cc2noc(C)n2)c(C)c1. The molecule has 5 heteroatoms. The van der Waals surface area contributed by atoms with Crippen molar-refractivity contribution in [2.24, 2.45) is 0 Å². The maximum atomic E-state index is 12.4. The fourth-order valence-corrected chi connectivity index (χ4v) is 2.48. The standard InChI is InChI=1S/C16H21N3O2/c1-10-6-11(2)14(12(3)7-10)8-16(20)19(5)9-15-17-13(4)21-18-15/h6-7H,8-9H2,1-5H3. The van der Waals surface area contributed by atoms with Crippen LogP contribution in [0.15, 0.2) is 16.7 Å². The highest BCUT2D eigenvalue weighted by molar-refractivity contribution is 5.79. The molecule has 0 radical (unpaired) electrons. The van der Waals surface area contributed by atoms with Crippen LogP contribution in [-0.2, 0) is 17.8 Å². The highest BCUT2D eigenvalue weighted by Crippen LogP contribution is 2.17. The lowest BCUT2D eigenvalue weighted by Gasteiger charge is -2.17. The highest BCUT2D eigenvalue weighted by Gasteiger charge is 2.15. The van der Waals surface area contributed by atoms with Crippen molar-refractivity contribution in [1.29, 1.82) is 0 Å². The first-order chi connectivity index (χ1) is 9.86. The molecule has 0 bridgehead atoms.